The van der Waals surface area contributed by atoms with E-state index in [9.17, 15) is 4.21 Å². The summed E-state index contributed by atoms with van der Waals surface area (Å²) in [6.07, 6.45) is 2.45. The first kappa shape index (κ1) is 18.6. The van der Waals surface area contributed by atoms with Gasteiger partial charge in [-0.15, -0.1) is 0 Å². The van der Waals surface area contributed by atoms with Gasteiger partial charge in [0.05, 0.1) is 28.9 Å². The highest BCUT2D eigenvalue weighted by atomic mass is 32.2. The second-order valence-corrected chi connectivity index (χ2v) is 9.01. The summed E-state index contributed by atoms with van der Waals surface area (Å²) in [6, 6.07) is 8.30. The lowest BCUT2D eigenvalue weighted by Crippen LogP contribution is -2.36. The van der Waals surface area contributed by atoms with Gasteiger partial charge in [0.1, 0.15) is 0 Å². The number of nitrogens with one attached hydrogen (secondary N) is 1. The van der Waals surface area contributed by atoms with Gasteiger partial charge in [0, 0.05) is 12.5 Å². The predicted molar refractivity (Wildman–Crippen MR) is 94.5 cm³/mol. The Hall–Kier alpha value is -0.750. The molecule has 0 radical (unpaired) electrons. The molecule has 4 nitrogen and oxygen atoms in total. The maximum absolute atomic E-state index is 12.5. The molecule has 1 aliphatic rings. The number of hydrogen-bond acceptors (Lipinski definition) is 3. The third kappa shape index (κ3) is 5.68. The fourth-order valence-corrected chi connectivity index (χ4v) is 3.42. The summed E-state index contributed by atoms with van der Waals surface area (Å²) >= 11 is 0. The van der Waals surface area contributed by atoms with E-state index in [2.05, 4.69) is 23.8 Å². The summed E-state index contributed by atoms with van der Waals surface area (Å²) in [4.78, 5) is 0. The largest absolute Gasteiger partial charge is 0.353 e. The maximum Gasteiger partial charge on any atom is 0.157 e. The number of rotatable bonds is 6. The summed E-state index contributed by atoms with van der Waals surface area (Å²) in [5.41, 5.74) is 2.40. The summed E-state index contributed by atoms with van der Waals surface area (Å²) in [7, 11) is -1.11. The first-order chi connectivity index (χ1) is 10.9. The minimum absolute atomic E-state index is 0.0328. The lowest BCUT2D eigenvalue weighted by molar-refractivity contribution is -0.182. The number of benzene rings is 1. The topological polar surface area (TPSA) is 47.6 Å². The Morgan fingerprint density at radius 2 is 1.91 bits per heavy atom. The average Bonchev–Trinajstić information content (AvgIpc) is 2.52. The van der Waals surface area contributed by atoms with Crippen LogP contribution in [0.25, 0.3) is 0 Å². The molecule has 0 aliphatic carbocycles. The Morgan fingerprint density at radius 3 is 2.52 bits per heavy atom. The smallest absolute Gasteiger partial charge is 0.157 e. The van der Waals surface area contributed by atoms with E-state index >= 15 is 0 Å². The molecule has 1 aliphatic heterocycles. The molecule has 130 valence electrons. The lowest BCUT2D eigenvalue weighted by atomic mass is 9.98. The molecule has 0 bridgehead atoms. The third-order valence-corrected chi connectivity index (χ3v) is 5.57. The second-order valence-electron chi connectivity index (χ2n) is 7.01. The van der Waals surface area contributed by atoms with Crippen molar-refractivity contribution in [2.45, 2.75) is 64.0 Å². The molecular weight excluding hydrogens is 310 g/mol. The molecular formula is C18H29NO3S. The van der Waals surface area contributed by atoms with Crippen LogP contribution in [0.3, 0.4) is 0 Å². The normalized spacial score (nSPS) is 19.5. The zero-order valence-corrected chi connectivity index (χ0v) is 15.4. The van der Waals surface area contributed by atoms with Gasteiger partial charge in [-0.3, -0.25) is 0 Å². The lowest BCUT2D eigenvalue weighted by Gasteiger charge is -2.28. The summed E-state index contributed by atoms with van der Waals surface area (Å²) in [5, 5.41) is 0. The van der Waals surface area contributed by atoms with E-state index in [-0.39, 0.29) is 17.1 Å². The summed E-state index contributed by atoms with van der Waals surface area (Å²) < 4.78 is 26.9. The summed E-state index contributed by atoms with van der Waals surface area (Å²) in [6.45, 7) is 9.58. The molecule has 1 aromatic carbocycles. The van der Waals surface area contributed by atoms with Crippen LogP contribution in [0.15, 0.2) is 24.3 Å². The van der Waals surface area contributed by atoms with Crippen molar-refractivity contribution >= 4 is 11.0 Å². The standard InChI is InChI=1S/C18H29NO3S/c1-14-8-5-6-9-15(14)16(19-23(20)18(2,3)4)10-11-17-21-12-7-13-22-17/h5-6,8-9,16-17,19H,7,10-13H2,1-4H3/t16-,23?/m0/s1. The van der Waals surface area contributed by atoms with Crippen LogP contribution in [0, 0.1) is 6.92 Å². The third-order valence-electron chi connectivity index (χ3n) is 3.96. The second kappa shape index (κ2) is 8.38. The van der Waals surface area contributed by atoms with Crippen LogP contribution in [0.2, 0.25) is 0 Å². The Labute approximate surface area is 142 Å². The van der Waals surface area contributed by atoms with Gasteiger partial charge in [-0.05, 0) is 51.7 Å². The molecule has 5 heteroatoms. The Bertz CT molecular complexity index is 521. The van der Waals surface area contributed by atoms with Gasteiger partial charge in [0.15, 0.2) is 6.29 Å². The maximum atomic E-state index is 12.5. The van der Waals surface area contributed by atoms with Crippen LogP contribution in [-0.2, 0) is 20.5 Å². The van der Waals surface area contributed by atoms with Crippen molar-refractivity contribution in [2.75, 3.05) is 13.2 Å². The molecule has 2 rings (SSSR count). The molecule has 1 fully saturated rings. The fraction of sp³-hybridized carbons (Fsp3) is 0.667. The van der Waals surface area contributed by atoms with Crippen LogP contribution < -0.4 is 4.72 Å². The Kier molecular flexibility index (Phi) is 6.77. The highest BCUT2D eigenvalue weighted by molar-refractivity contribution is 7.84. The van der Waals surface area contributed by atoms with Gasteiger partial charge < -0.3 is 9.47 Å². The van der Waals surface area contributed by atoms with Crippen LogP contribution in [-0.4, -0.2) is 28.5 Å². The van der Waals surface area contributed by atoms with Crippen LogP contribution in [0.4, 0.5) is 0 Å². The summed E-state index contributed by atoms with van der Waals surface area (Å²) in [5.74, 6) is 0. The molecule has 1 heterocycles. The zero-order valence-electron chi connectivity index (χ0n) is 14.6. The molecule has 0 spiro atoms. The molecule has 1 aromatic rings. The van der Waals surface area contributed by atoms with Crippen LogP contribution >= 0.6 is 0 Å². The molecule has 1 N–H and O–H groups in total. The van der Waals surface area contributed by atoms with Crippen molar-refractivity contribution in [2.24, 2.45) is 0 Å². The van der Waals surface area contributed by atoms with Gasteiger partial charge in [-0.25, -0.2) is 8.93 Å². The molecule has 23 heavy (non-hydrogen) atoms. The van der Waals surface area contributed by atoms with E-state index < -0.39 is 11.0 Å². The van der Waals surface area contributed by atoms with Gasteiger partial charge in [0.2, 0.25) is 0 Å². The monoisotopic (exact) mass is 339 g/mol. The van der Waals surface area contributed by atoms with Crippen molar-refractivity contribution in [3.05, 3.63) is 35.4 Å². The first-order valence-electron chi connectivity index (χ1n) is 8.34. The minimum Gasteiger partial charge on any atom is -0.353 e. The van der Waals surface area contributed by atoms with Crippen LogP contribution in [0.1, 0.15) is 57.2 Å². The van der Waals surface area contributed by atoms with Crippen molar-refractivity contribution in [3.8, 4) is 0 Å². The Morgan fingerprint density at radius 1 is 1.26 bits per heavy atom. The highest BCUT2D eigenvalue weighted by Gasteiger charge is 2.25. The van der Waals surface area contributed by atoms with E-state index in [1.54, 1.807) is 0 Å². The van der Waals surface area contributed by atoms with Gasteiger partial charge >= 0.3 is 0 Å². The number of ether oxygens (including phenoxy) is 2. The van der Waals surface area contributed by atoms with E-state index in [4.69, 9.17) is 9.47 Å². The first-order valence-corrected chi connectivity index (χ1v) is 9.49. The van der Waals surface area contributed by atoms with E-state index in [0.29, 0.717) is 0 Å². The minimum atomic E-state index is -1.11. The van der Waals surface area contributed by atoms with E-state index in [1.165, 1.54) is 11.1 Å². The van der Waals surface area contributed by atoms with Crippen LogP contribution in [0.5, 0.6) is 0 Å². The highest BCUT2D eigenvalue weighted by Crippen LogP contribution is 2.26. The van der Waals surface area contributed by atoms with E-state index in [1.807, 2.05) is 32.9 Å². The van der Waals surface area contributed by atoms with Crippen molar-refractivity contribution < 1.29 is 13.7 Å². The predicted octanol–water partition coefficient (Wildman–Crippen LogP) is 3.63. The molecule has 1 unspecified atom stereocenters. The van der Waals surface area contributed by atoms with Gasteiger partial charge in [-0.1, -0.05) is 24.3 Å². The molecule has 0 aromatic heterocycles. The van der Waals surface area contributed by atoms with Crippen molar-refractivity contribution in [1.29, 1.82) is 0 Å². The molecule has 0 amide bonds. The molecule has 1 saturated heterocycles. The molecule has 0 saturated carbocycles. The SMILES string of the molecule is Cc1ccccc1[C@H](CCC1OCCCO1)NS(=O)C(C)(C)C. The Balaban J connectivity index is 2.07. The van der Waals surface area contributed by atoms with Crippen molar-refractivity contribution in [1.82, 2.24) is 4.72 Å². The van der Waals surface area contributed by atoms with Crippen molar-refractivity contribution in [3.63, 3.8) is 0 Å². The number of hydrogen-bond donors (Lipinski definition) is 1. The average molecular weight is 340 g/mol. The van der Waals surface area contributed by atoms with Gasteiger partial charge in [0.25, 0.3) is 0 Å². The fourth-order valence-electron chi connectivity index (χ4n) is 2.57. The van der Waals surface area contributed by atoms with E-state index in [0.717, 1.165) is 32.5 Å². The molecule has 2 atom stereocenters. The zero-order chi connectivity index (χ0) is 16.9. The quantitative estimate of drug-likeness (QED) is 0.861. The number of aryl methyl sites for hydroxylation is 1. The van der Waals surface area contributed by atoms with Gasteiger partial charge in [-0.2, -0.15) is 0 Å².